The lowest BCUT2D eigenvalue weighted by molar-refractivity contribution is 0.0693. The van der Waals surface area contributed by atoms with Gasteiger partial charge in [0.05, 0.1) is 7.11 Å². The molecule has 13 heavy (non-hydrogen) atoms. The van der Waals surface area contributed by atoms with Gasteiger partial charge in [-0.25, -0.2) is 4.79 Å². The van der Waals surface area contributed by atoms with Crippen molar-refractivity contribution in [2.45, 2.75) is 6.92 Å². The van der Waals surface area contributed by atoms with Gasteiger partial charge in [0.2, 0.25) is 0 Å². The fourth-order valence-corrected chi connectivity index (χ4v) is 1.10. The normalized spacial score (nSPS) is 9.69. The maximum atomic E-state index is 10.6. The monoisotopic (exact) mass is 182 g/mol. The Morgan fingerprint density at radius 1 is 1.46 bits per heavy atom. The second kappa shape index (κ2) is 3.35. The average molecular weight is 182 g/mol. The summed E-state index contributed by atoms with van der Waals surface area (Å²) in [7, 11) is 1.38. The van der Waals surface area contributed by atoms with E-state index >= 15 is 0 Å². The number of phenols is 1. The number of methoxy groups -OCH3 is 1. The number of rotatable bonds is 2. The Hall–Kier alpha value is -1.71. The molecule has 1 rings (SSSR count). The number of aromatic carboxylic acids is 1. The number of hydrogen-bond acceptors (Lipinski definition) is 3. The third kappa shape index (κ3) is 1.56. The zero-order valence-corrected chi connectivity index (χ0v) is 7.37. The van der Waals surface area contributed by atoms with Crippen LogP contribution in [0.25, 0.3) is 0 Å². The summed E-state index contributed by atoms with van der Waals surface area (Å²) >= 11 is 0. The van der Waals surface area contributed by atoms with Crippen LogP contribution in [0.15, 0.2) is 12.1 Å². The van der Waals surface area contributed by atoms with E-state index in [9.17, 15) is 9.90 Å². The molecule has 0 aliphatic carbocycles. The smallest absolute Gasteiger partial charge is 0.339 e. The highest BCUT2D eigenvalue weighted by atomic mass is 16.5. The Morgan fingerprint density at radius 2 is 2.08 bits per heavy atom. The van der Waals surface area contributed by atoms with Crippen LogP contribution < -0.4 is 4.74 Å². The van der Waals surface area contributed by atoms with Gasteiger partial charge in [-0.15, -0.1) is 0 Å². The van der Waals surface area contributed by atoms with Gasteiger partial charge in [-0.1, -0.05) is 6.07 Å². The molecular weight excluding hydrogens is 172 g/mol. The van der Waals surface area contributed by atoms with Crippen molar-refractivity contribution in [3.8, 4) is 11.5 Å². The van der Waals surface area contributed by atoms with Crippen LogP contribution in [0.4, 0.5) is 0 Å². The second-order valence-corrected chi connectivity index (χ2v) is 2.62. The Morgan fingerprint density at radius 3 is 2.54 bits per heavy atom. The minimum absolute atomic E-state index is 0.151. The fourth-order valence-electron chi connectivity index (χ4n) is 1.10. The van der Waals surface area contributed by atoms with E-state index in [2.05, 4.69) is 0 Å². The van der Waals surface area contributed by atoms with Gasteiger partial charge < -0.3 is 14.9 Å². The molecule has 4 nitrogen and oxygen atoms in total. The van der Waals surface area contributed by atoms with E-state index in [0.29, 0.717) is 5.56 Å². The highest BCUT2D eigenvalue weighted by Gasteiger charge is 2.15. The van der Waals surface area contributed by atoms with E-state index in [-0.39, 0.29) is 17.1 Å². The lowest BCUT2D eigenvalue weighted by atomic mass is 10.1. The van der Waals surface area contributed by atoms with Crippen molar-refractivity contribution >= 4 is 5.97 Å². The summed E-state index contributed by atoms with van der Waals surface area (Å²) in [5.74, 6) is -1.29. The Labute approximate surface area is 75.4 Å². The first kappa shape index (κ1) is 9.38. The van der Waals surface area contributed by atoms with E-state index in [4.69, 9.17) is 9.84 Å². The number of benzene rings is 1. The van der Waals surface area contributed by atoms with Gasteiger partial charge in [0, 0.05) is 0 Å². The Kier molecular flexibility index (Phi) is 2.41. The molecule has 0 aromatic heterocycles. The van der Waals surface area contributed by atoms with Crippen molar-refractivity contribution in [3.63, 3.8) is 0 Å². The maximum absolute atomic E-state index is 10.6. The highest BCUT2D eigenvalue weighted by Crippen LogP contribution is 2.32. The number of carbonyl (C=O) groups is 1. The van der Waals surface area contributed by atoms with Gasteiger partial charge in [0.25, 0.3) is 0 Å². The molecule has 0 saturated heterocycles. The summed E-state index contributed by atoms with van der Waals surface area (Å²) < 4.78 is 4.85. The summed E-state index contributed by atoms with van der Waals surface area (Å²) in [5.41, 5.74) is 0.549. The van der Waals surface area contributed by atoms with Gasteiger partial charge in [0.1, 0.15) is 5.56 Å². The molecule has 0 radical (unpaired) electrons. The lowest BCUT2D eigenvalue weighted by Gasteiger charge is -2.08. The number of hydrogen-bond donors (Lipinski definition) is 2. The molecule has 0 bridgehead atoms. The lowest BCUT2D eigenvalue weighted by Crippen LogP contribution is -1.99. The zero-order valence-electron chi connectivity index (χ0n) is 7.37. The summed E-state index contributed by atoms with van der Waals surface area (Å²) in [6.45, 7) is 1.73. The second-order valence-electron chi connectivity index (χ2n) is 2.62. The van der Waals surface area contributed by atoms with Gasteiger partial charge >= 0.3 is 5.97 Å². The molecule has 0 spiro atoms. The predicted molar refractivity (Wildman–Crippen MR) is 46.4 cm³/mol. The molecular formula is C9H10O4. The topological polar surface area (TPSA) is 66.8 Å². The van der Waals surface area contributed by atoms with Crippen LogP contribution in [-0.2, 0) is 0 Å². The van der Waals surface area contributed by atoms with E-state index < -0.39 is 5.97 Å². The summed E-state index contributed by atoms with van der Waals surface area (Å²) in [5, 5.41) is 18.1. The van der Waals surface area contributed by atoms with Crippen LogP contribution in [0.5, 0.6) is 11.5 Å². The van der Waals surface area contributed by atoms with Gasteiger partial charge in [-0.2, -0.15) is 0 Å². The number of carboxylic acid groups (broad SMARTS) is 1. The first-order valence-corrected chi connectivity index (χ1v) is 3.67. The molecule has 2 N–H and O–H groups in total. The summed E-state index contributed by atoms with van der Waals surface area (Å²) in [4.78, 5) is 10.6. The first-order valence-electron chi connectivity index (χ1n) is 3.67. The SMILES string of the molecule is COc1c(C)ccc(C(=O)O)c1O. The number of aromatic hydroxyl groups is 1. The maximum Gasteiger partial charge on any atom is 0.339 e. The molecule has 0 aliphatic heterocycles. The number of aryl methyl sites for hydroxylation is 1. The van der Waals surface area contributed by atoms with Gasteiger partial charge in [0.15, 0.2) is 11.5 Å². The van der Waals surface area contributed by atoms with E-state index in [1.165, 1.54) is 13.2 Å². The highest BCUT2D eigenvalue weighted by molar-refractivity contribution is 5.92. The molecule has 0 atom stereocenters. The van der Waals surface area contributed by atoms with Crippen LogP contribution >= 0.6 is 0 Å². The van der Waals surface area contributed by atoms with Crippen LogP contribution in [0, 0.1) is 6.92 Å². The molecule has 70 valence electrons. The van der Waals surface area contributed by atoms with Crippen molar-refractivity contribution < 1.29 is 19.7 Å². The Balaban J connectivity index is 3.35. The number of carboxylic acids is 1. The minimum atomic E-state index is -1.17. The summed E-state index contributed by atoms with van der Waals surface area (Å²) in [6, 6.07) is 2.93. The van der Waals surface area contributed by atoms with E-state index in [1.54, 1.807) is 13.0 Å². The van der Waals surface area contributed by atoms with Crippen molar-refractivity contribution in [2.75, 3.05) is 7.11 Å². The van der Waals surface area contributed by atoms with Crippen LogP contribution in [0.2, 0.25) is 0 Å². The largest absolute Gasteiger partial charge is 0.504 e. The molecule has 0 aliphatic rings. The van der Waals surface area contributed by atoms with E-state index in [0.717, 1.165) is 0 Å². The molecule has 1 aromatic carbocycles. The molecule has 4 heteroatoms. The molecule has 0 unspecified atom stereocenters. The molecule has 0 heterocycles. The zero-order chi connectivity index (χ0) is 10.0. The van der Waals surface area contributed by atoms with Crippen molar-refractivity contribution in [1.82, 2.24) is 0 Å². The fraction of sp³-hybridized carbons (Fsp3) is 0.222. The molecule has 0 saturated carbocycles. The molecule has 0 fully saturated rings. The van der Waals surface area contributed by atoms with Crippen LogP contribution in [-0.4, -0.2) is 23.3 Å². The number of ether oxygens (including phenoxy) is 1. The molecule has 1 aromatic rings. The Bertz CT molecular complexity index is 344. The van der Waals surface area contributed by atoms with E-state index in [1.807, 2.05) is 0 Å². The van der Waals surface area contributed by atoms with Crippen molar-refractivity contribution in [1.29, 1.82) is 0 Å². The predicted octanol–water partition coefficient (Wildman–Crippen LogP) is 1.41. The van der Waals surface area contributed by atoms with Gasteiger partial charge in [-0.05, 0) is 18.6 Å². The third-order valence-corrected chi connectivity index (χ3v) is 1.76. The van der Waals surface area contributed by atoms with Gasteiger partial charge in [-0.3, -0.25) is 0 Å². The standard InChI is InChI=1S/C9H10O4/c1-5-3-4-6(9(11)12)7(10)8(5)13-2/h3-4,10H,1-2H3,(H,11,12). The first-order chi connectivity index (χ1) is 6.07. The van der Waals surface area contributed by atoms with Crippen LogP contribution in [0.3, 0.4) is 0 Å². The quantitative estimate of drug-likeness (QED) is 0.725. The average Bonchev–Trinajstić information content (AvgIpc) is 2.04. The third-order valence-electron chi connectivity index (χ3n) is 1.76. The van der Waals surface area contributed by atoms with Crippen molar-refractivity contribution in [2.24, 2.45) is 0 Å². The summed E-state index contributed by atoms with van der Waals surface area (Å²) in [6.07, 6.45) is 0. The van der Waals surface area contributed by atoms with Crippen LogP contribution in [0.1, 0.15) is 15.9 Å². The minimum Gasteiger partial charge on any atom is -0.504 e. The molecule has 0 amide bonds. The van der Waals surface area contributed by atoms with Crippen molar-refractivity contribution in [3.05, 3.63) is 23.3 Å².